The summed E-state index contributed by atoms with van der Waals surface area (Å²) in [6.07, 6.45) is 3.46. The fourth-order valence-electron chi connectivity index (χ4n) is 4.46. The number of hydrogen-bond donors (Lipinski definition) is 2. The van der Waals surface area contributed by atoms with Crippen LogP contribution >= 0.6 is 11.8 Å². The van der Waals surface area contributed by atoms with Gasteiger partial charge in [-0.05, 0) is 55.7 Å². The van der Waals surface area contributed by atoms with E-state index in [1.807, 2.05) is 42.5 Å². The van der Waals surface area contributed by atoms with Gasteiger partial charge >= 0.3 is 0 Å². The molecular weight excluding hydrogens is 384 g/mol. The molecule has 29 heavy (non-hydrogen) atoms. The second-order valence-corrected chi connectivity index (χ2v) is 9.02. The normalized spacial score (nSPS) is 25.9. The summed E-state index contributed by atoms with van der Waals surface area (Å²) in [6.45, 7) is 3.26. The van der Waals surface area contributed by atoms with Gasteiger partial charge in [-0.15, -0.1) is 0 Å². The number of aromatic nitrogens is 1. The molecule has 0 spiro atoms. The first-order valence-electron chi connectivity index (χ1n) is 10.4. The van der Waals surface area contributed by atoms with Gasteiger partial charge in [-0.2, -0.15) is 0 Å². The third-order valence-corrected chi connectivity index (χ3v) is 6.94. The topological polar surface area (TPSA) is 66.5 Å². The Morgan fingerprint density at radius 3 is 2.69 bits per heavy atom. The number of carbonyl (C=O) groups excluding carboxylic acids is 1. The van der Waals surface area contributed by atoms with E-state index in [-0.39, 0.29) is 11.9 Å². The van der Waals surface area contributed by atoms with Crippen LogP contribution in [-0.4, -0.2) is 55.3 Å². The lowest BCUT2D eigenvalue weighted by molar-refractivity contribution is 0.0931. The molecule has 5 rings (SSSR count). The molecule has 2 aromatic rings. The number of nitrogens with one attached hydrogen (secondary N) is 2. The first-order valence-corrected chi connectivity index (χ1v) is 11.2. The van der Waals surface area contributed by atoms with Crippen LogP contribution in [-0.2, 0) is 4.74 Å². The molecule has 152 valence electrons. The van der Waals surface area contributed by atoms with Gasteiger partial charge in [0, 0.05) is 41.7 Å². The van der Waals surface area contributed by atoms with Gasteiger partial charge in [-0.3, -0.25) is 4.79 Å². The molecule has 0 radical (unpaired) electrons. The molecule has 0 aliphatic carbocycles. The largest absolute Gasteiger partial charge is 0.378 e. The maximum Gasteiger partial charge on any atom is 0.251 e. The number of anilines is 1. The number of carbonyl (C=O) groups is 1. The lowest BCUT2D eigenvalue weighted by atomic mass is 9.95. The second-order valence-electron chi connectivity index (χ2n) is 7.92. The number of hydrogen-bond acceptors (Lipinski definition) is 6. The minimum atomic E-state index is 0.0216. The Balaban J connectivity index is 1.21. The Bertz CT molecular complexity index is 869. The summed E-state index contributed by atoms with van der Waals surface area (Å²) in [4.78, 5) is 20.7. The van der Waals surface area contributed by atoms with E-state index in [1.165, 1.54) is 12.8 Å². The molecule has 3 fully saturated rings. The zero-order valence-corrected chi connectivity index (χ0v) is 17.2. The lowest BCUT2D eigenvalue weighted by Gasteiger charge is -2.27. The van der Waals surface area contributed by atoms with Crippen LogP contribution in [0.3, 0.4) is 0 Å². The number of morpholine rings is 1. The molecule has 3 aliphatic heterocycles. The predicted octanol–water partition coefficient (Wildman–Crippen LogP) is 2.69. The zero-order valence-electron chi connectivity index (χ0n) is 16.3. The standard InChI is InChI=1S/C22H26N4O2S/c27-22(24-19-14-16-6-9-18(19)23-16)15-4-7-17(8-5-15)29-21-3-1-2-20(25-21)26-10-12-28-13-11-26/h1-5,7-8,16,18-19,23H,6,9-14H2,(H,24,27)/t16-,18+,19-/m1/s1. The number of pyridine rings is 1. The van der Waals surface area contributed by atoms with E-state index in [9.17, 15) is 4.79 Å². The van der Waals surface area contributed by atoms with E-state index < -0.39 is 0 Å². The van der Waals surface area contributed by atoms with Gasteiger partial charge in [-0.1, -0.05) is 17.8 Å². The van der Waals surface area contributed by atoms with Crippen LogP contribution in [0.15, 0.2) is 52.4 Å². The first kappa shape index (κ1) is 18.9. The average Bonchev–Trinajstić information content (AvgIpc) is 3.38. The molecule has 0 saturated carbocycles. The summed E-state index contributed by atoms with van der Waals surface area (Å²) in [7, 11) is 0. The third-order valence-electron chi connectivity index (χ3n) is 6.00. The fraction of sp³-hybridized carbons (Fsp3) is 0.455. The number of rotatable bonds is 5. The minimum Gasteiger partial charge on any atom is -0.378 e. The van der Waals surface area contributed by atoms with Crippen molar-refractivity contribution in [3.63, 3.8) is 0 Å². The Morgan fingerprint density at radius 2 is 1.97 bits per heavy atom. The quantitative estimate of drug-likeness (QED) is 0.790. The molecule has 7 heteroatoms. The lowest BCUT2D eigenvalue weighted by Crippen LogP contribution is -2.42. The monoisotopic (exact) mass is 410 g/mol. The molecule has 1 amide bonds. The van der Waals surface area contributed by atoms with Crippen molar-refractivity contribution < 1.29 is 9.53 Å². The maximum absolute atomic E-state index is 12.6. The molecule has 2 N–H and O–H groups in total. The SMILES string of the molecule is O=C(N[C@@H]1C[C@H]2CC[C@@H]1N2)c1ccc(Sc2cccc(N3CCOCC3)n2)cc1. The number of amides is 1. The molecule has 1 aromatic carbocycles. The Kier molecular flexibility index (Phi) is 5.44. The molecule has 0 unspecified atom stereocenters. The van der Waals surface area contributed by atoms with Crippen LogP contribution < -0.4 is 15.5 Å². The van der Waals surface area contributed by atoms with Gasteiger partial charge in [0.2, 0.25) is 0 Å². The maximum atomic E-state index is 12.6. The van der Waals surface area contributed by atoms with Gasteiger partial charge in [0.25, 0.3) is 5.91 Å². The van der Waals surface area contributed by atoms with E-state index in [0.29, 0.717) is 17.6 Å². The molecule has 2 bridgehead atoms. The van der Waals surface area contributed by atoms with E-state index in [1.54, 1.807) is 11.8 Å². The molecular formula is C22H26N4O2S. The van der Waals surface area contributed by atoms with Crippen molar-refractivity contribution in [1.82, 2.24) is 15.6 Å². The highest BCUT2D eigenvalue weighted by Crippen LogP contribution is 2.30. The highest BCUT2D eigenvalue weighted by atomic mass is 32.2. The molecule has 6 nitrogen and oxygen atoms in total. The van der Waals surface area contributed by atoms with E-state index >= 15 is 0 Å². The highest BCUT2D eigenvalue weighted by Gasteiger charge is 2.39. The van der Waals surface area contributed by atoms with Crippen LogP contribution in [0.1, 0.15) is 29.6 Å². The number of fused-ring (bicyclic) bond motifs is 2. The van der Waals surface area contributed by atoms with E-state index in [0.717, 1.165) is 48.5 Å². The summed E-state index contributed by atoms with van der Waals surface area (Å²) in [5, 5.41) is 7.72. The Hall–Kier alpha value is -2.09. The molecule has 4 heterocycles. The van der Waals surface area contributed by atoms with Gasteiger partial charge in [0.05, 0.1) is 13.2 Å². The van der Waals surface area contributed by atoms with Crippen molar-refractivity contribution in [2.24, 2.45) is 0 Å². The van der Waals surface area contributed by atoms with Crippen molar-refractivity contribution in [2.75, 3.05) is 31.2 Å². The van der Waals surface area contributed by atoms with Gasteiger partial charge in [-0.25, -0.2) is 4.98 Å². The predicted molar refractivity (Wildman–Crippen MR) is 114 cm³/mol. The second kappa shape index (κ2) is 8.34. The third kappa shape index (κ3) is 4.27. The number of nitrogens with zero attached hydrogens (tertiary/aromatic N) is 2. The number of ether oxygens (including phenoxy) is 1. The van der Waals surface area contributed by atoms with Crippen LogP contribution in [0.25, 0.3) is 0 Å². The van der Waals surface area contributed by atoms with Crippen molar-refractivity contribution in [2.45, 2.75) is 47.3 Å². The smallest absolute Gasteiger partial charge is 0.251 e. The van der Waals surface area contributed by atoms with Crippen LogP contribution in [0.2, 0.25) is 0 Å². The van der Waals surface area contributed by atoms with Gasteiger partial charge < -0.3 is 20.3 Å². The minimum absolute atomic E-state index is 0.0216. The molecule has 1 aromatic heterocycles. The van der Waals surface area contributed by atoms with Crippen LogP contribution in [0.5, 0.6) is 0 Å². The number of benzene rings is 1. The fourth-order valence-corrected chi connectivity index (χ4v) is 5.26. The highest BCUT2D eigenvalue weighted by molar-refractivity contribution is 7.99. The Morgan fingerprint density at radius 1 is 1.14 bits per heavy atom. The van der Waals surface area contributed by atoms with Crippen molar-refractivity contribution in [3.05, 3.63) is 48.0 Å². The molecule has 3 atom stereocenters. The van der Waals surface area contributed by atoms with Crippen molar-refractivity contribution in [1.29, 1.82) is 0 Å². The van der Waals surface area contributed by atoms with Gasteiger partial charge in [0.1, 0.15) is 10.8 Å². The summed E-state index contributed by atoms with van der Waals surface area (Å²) >= 11 is 1.62. The summed E-state index contributed by atoms with van der Waals surface area (Å²) in [5.74, 6) is 1.02. The van der Waals surface area contributed by atoms with E-state index in [2.05, 4.69) is 15.5 Å². The first-order chi connectivity index (χ1) is 14.2. The summed E-state index contributed by atoms with van der Waals surface area (Å²) in [5.41, 5.74) is 0.715. The van der Waals surface area contributed by atoms with Gasteiger partial charge in [0.15, 0.2) is 0 Å². The van der Waals surface area contributed by atoms with Crippen molar-refractivity contribution >= 4 is 23.5 Å². The summed E-state index contributed by atoms with van der Waals surface area (Å²) in [6, 6.07) is 15.2. The van der Waals surface area contributed by atoms with Crippen LogP contribution in [0.4, 0.5) is 5.82 Å². The molecule has 3 saturated heterocycles. The van der Waals surface area contributed by atoms with E-state index in [4.69, 9.17) is 9.72 Å². The van der Waals surface area contributed by atoms with Crippen LogP contribution in [0, 0.1) is 0 Å². The average molecular weight is 411 g/mol. The summed E-state index contributed by atoms with van der Waals surface area (Å²) < 4.78 is 5.42. The molecule has 3 aliphatic rings. The van der Waals surface area contributed by atoms with Crippen molar-refractivity contribution in [3.8, 4) is 0 Å². The Labute approximate surface area is 175 Å². The zero-order chi connectivity index (χ0) is 19.6.